The zero-order valence-corrected chi connectivity index (χ0v) is 14.9. The number of rotatable bonds is 5. The molecule has 1 fully saturated rings. The van der Waals surface area contributed by atoms with Gasteiger partial charge in [-0.25, -0.2) is 8.42 Å². The van der Waals surface area contributed by atoms with Crippen LogP contribution in [0.5, 0.6) is 0 Å². The van der Waals surface area contributed by atoms with Crippen molar-refractivity contribution in [3.8, 4) is 11.1 Å². The number of nitrogens with one attached hydrogen (secondary N) is 3. The molecule has 1 aromatic heterocycles. The van der Waals surface area contributed by atoms with Crippen LogP contribution in [0.25, 0.3) is 22.0 Å². The molecule has 2 aromatic carbocycles. The fraction of sp³-hybridized carbons (Fsp3) is 0.222. The lowest BCUT2D eigenvalue weighted by atomic mass is 10.0. The summed E-state index contributed by atoms with van der Waals surface area (Å²) in [5.41, 5.74) is 3.26. The van der Waals surface area contributed by atoms with Gasteiger partial charge < -0.3 is 5.32 Å². The first-order valence-corrected chi connectivity index (χ1v) is 10.2. The number of nitrogens with zero attached hydrogens (tertiary/aromatic N) is 1. The van der Waals surface area contributed by atoms with Crippen LogP contribution in [0.4, 0.5) is 11.5 Å². The van der Waals surface area contributed by atoms with Crippen LogP contribution in [0.1, 0.15) is 12.8 Å². The number of anilines is 2. The van der Waals surface area contributed by atoms with Crippen molar-refractivity contribution in [2.75, 3.05) is 16.3 Å². The number of H-pyrrole nitrogens is 1. The van der Waals surface area contributed by atoms with E-state index in [1.165, 1.54) is 0 Å². The molecule has 1 heterocycles. The van der Waals surface area contributed by atoms with E-state index in [1.807, 2.05) is 30.3 Å². The van der Waals surface area contributed by atoms with Crippen LogP contribution in [0.15, 0.2) is 42.5 Å². The number of aromatic amines is 1. The Morgan fingerprint density at radius 1 is 1.12 bits per heavy atom. The third kappa shape index (κ3) is 3.55. The molecule has 7 nitrogen and oxygen atoms in total. The predicted molar refractivity (Wildman–Crippen MR) is 101 cm³/mol. The summed E-state index contributed by atoms with van der Waals surface area (Å²) in [4.78, 5) is 11.9. The molecule has 0 atom stereocenters. The van der Waals surface area contributed by atoms with Crippen molar-refractivity contribution in [1.82, 2.24) is 10.2 Å². The van der Waals surface area contributed by atoms with Gasteiger partial charge in [0, 0.05) is 17.0 Å². The van der Waals surface area contributed by atoms with Crippen molar-refractivity contribution in [1.29, 1.82) is 0 Å². The number of hydrogen-bond acceptors (Lipinski definition) is 4. The average molecular weight is 370 g/mol. The largest absolute Gasteiger partial charge is 0.308 e. The molecule has 3 aromatic rings. The molecule has 1 saturated carbocycles. The van der Waals surface area contributed by atoms with E-state index in [0.29, 0.717) is 11.5 Å². The predicted octanol–water partition coefficient (Wildman–Crippen LogP) is 2.95. The molecule has 1 aliphatic rings. The van der Waals surface area contributed by atoms with Gasteiger partial charge in [-0.05, 0) is 48.2 Å². The minimum atomic E-state index is -3.29. The molecule has 0 radical (unpaired) electrons. The summed E-state index contributed by atoms with van der Waals surface area (Å²) in [6.07, 6.45) is 3.01. The lowest BCUT2D eigenvalue weighted by molar-refractivity contribution is -0.117. The number of fused-ring (bicyclic) bond motifs is 1. The highest BCUT2D eigenvalue weighted by atomic mass is 32.2. The smallest absolute Gasteiger partial charge is 0.229 e. The minimum absolute atomic E-state index is 0.0245. The van der Waals surface area contributed by atoms with Gasteiger partial charge in [0.25, 0.3) is 0 Å². The number of sulfonamides is 1. The average Bonchev–Trinajstić information content (AvgIpc) is 3.37. The summed E-state index contributed by atoms with van der Waals surface area (Å²) in [7, 11) is -3.29. The monoisotopic (exact) mass is 370 g/mol. The molecule has 3 N–H and O–H groups in total. The molecule has 0 aliphatic heterocycles. The molecular formula is C18H18N4O3S. The zero-order chi connectivity index (χ0) is 18.3. The van der Waals surface area contributed by atoms with Gasteiger partial charge in [0.1, 0.15) is 0 Å². The fourth-order valence-corrected chi connectivity index (χ4v) is 3.37. The Kier molecular flexibility index (Phi) is 3.91. The summed E-state index contributed by atoms with van der Waals surface area (Å²) in [6.45, 7) is 0. The van der Waals surface area contributed by atoms with Crippen LogP contribution < -0.4 is 10.0 Å². The topological polar surface area (TPSA) is 104 Å². The fourth-order valence-electron chi connectivity index (χ4n) is 2.80. The highest BCUT2D eigenvalue weighted by Crippen LogP contribution is 2.32. The number of carbonyl (C=O) groups excluding carboxylic acids is 1. The van der Waals surface area contributed by atoms with Crippen molar-refractivity contribution in [3.05, 3.63) is 42.5 Å². The first-order chi connectivity index (χ1) is 12.4. The Bertz CT molecular complexity index is 1080. The van der Waals surface area contributed by atoms with Crippen molar-refractivity contribution >= 4 is 38.3 Å². The molecule has 1 aliphatic carbocycles. The number of benzene rings is 2. The van der Waals surface area contributed by atoms with Gasteiger partial charge in [0.05, 0.1) is 11.8 Å². The van der Waals surface area contributed by atoms with Crippen molar-refractivity contribution in [2.45, 2.75) is 12.8 Å². The SMILES string of the molecule is CS(=O)(=O)Nc1ccc(-c2ccc3c(NC(=O)C4CC4)n[nH]c3c2)cc1. The van der Waals surface area contributed by atoms with Crippen LogP contribution in [-0.4, -0.2) is 30.8 Å². The molecule has 4 rings (SSSR count). The van der Waals surface area contributed by atoms with E-state index < -0.39 is 10.0 Å². The second-order valence-corrected chi connectivity index (χ2v) is 8.30. The van der Waals surface area contributed by atoms with E-state index in [1.54, 1.807) is 12.1 Å². The van der Waals surface area contributed by atoms with Crippen LogP contribution in [0.2, 0.25) is 0 Å². The molecule has 0 bridgehead atoms. The van der Waals surface area contributed by atoms with Crippen molar-refractivity contribution in [3.63, 3.8) is 0 Å². The van der Waals surface area contributed by atoms with Gasteiger partial charge >= 0.3 is 0 Å². The standard InChI is InChI=1S/C18H18N4O3S/c1-26(24,25)22-14-7-4-11(5-8-14)13-6-9-15-16(10-13)20-21-17(15)19-18(23)12-2-3-12/h4-10,12,22H,2-3H2,1H3,(H2,19,20,21,23). The lowest BCUT2D eigenvalue weighted by Gasteiger charge is -2.06. The Labute approximate surface area is 150 Å². The maximum absolute atomic E-state index is 11.9. The molecule has 1 amide bonds. The van der Waals surface area contributed by atoms with Crippen LogP contribution in [0, 0.1) is 5.92 Å². The molecular weight excluding hydrogens is 352 g/mol. The number of carbonyl (C=O) groups is 1. The molecule has 8 heteroatoms. The second-order valence-electron chi connectivity index (χ2n) is 6.55. The van der Waals surface area contributed by atoms with E-state index in [2.05, 4.69) is 20.2 Å². The van der Waals surface area contributed by atoms with Crippen molar-refractivity contribution in [2.24, 2.45) is 5.92 Å². The molecule has 134 valence electrons. The van der Waals surface area contributed by atoms with E-state index in [-0.39, 0.29) is 11.8 Å². The van der Waals surface area contributed by atoms with E-state index in [4.69, 9.17) is 0 Å². The second kappa shape index (κ2) is 6.14. The van der Waals surface area contributed by atoms with Gasteiger partial charge in [-0.15, -0.1) is 0 Å². The third-order valence-corrected chi connectivity index (χ3v) is 4.88. The number of amides is 1. The number of hydrogen-bond donors (Lipinski definition) is 3. The van der Waals surface area contributed by atoms with Gasteiger partial charge in [-0.3, -0.25) is 14.6 Å². The Hall–Kier alpha value is -2.87. The van der Waals surface area contributed by atoms with Gasteiger partial charge in [0.15, 0.2) is 5.82 Å². The normalized spacial score (nSPS) is 14.3. The summed E-state index contributed by atoms with van der Waals surface area (Å²) >= 11 is 0. The molecule has 0 saturated heterocycles. The van der Waals surface area contributed by atoms with Crippen LogP contribution in [0.3, 0.4) is 0 Å². The van der Waals surface area contributed by atoms with Crippen molar-refractivity contribution < 1.29 is 13.2 Å². The van der Waals surface area contributed by atoms with Gasteiger partial charge in [0.2, 0.25) is 15.9 Å². The van der Waals surface area contributed by atoms with Crippen LogP contribution in [-0.2, 0) is 14.8 Å². The van der Waals surface area contributed by atoms with E-state index in [0.717, 1.165) is 41.1 Å². The Morgan fingerprint density at radius 2 is 1.81 bits per heavy atom. The highest BCUT2D eigenvalue weighted by molar-refractivity contribution is 7.92. The third-order valence-electron chi connectivity index (χ3n) is 4.27. The maximum atomic E-state index is 11.9. The summed E-state index contributed by atoms with van der Waals surface area (Å²) in [5.74, 6) is 0.702. The zero-order valence-electron chi connectivity index (χ0n) is 14.1. The first kappa shape index (κ1) is 16.6. The maximum Gasteiger partial charge on any atom is 0.229 e. The molecule has 26 heavy (non-hydrogen) atoms. The first-order valence-electron chi connectivity index (χ1n) is 8.26. The van der Waals surface area contributed by atoms with Gasteiger partial charge in [-0.2, -0.15) is 5.10 Å². The Morgan fingerprint density at radius 3 is 2.46 bits per heavy atom. The number of aromatic nitrogens is 2. The van der Waals surface area contributed by atoms with Crippen LogP contribution >= 0.6 is 0 Å². The van der Waals surface area contributed by atoms with Gasteiger partial charge in [-0.1, -0.05) is 18.2 Å². The molecule has 0 unspecified atom stereocenters. The molecule has 0 spiro atoms. The Balaban J connectivity index is 1.58. The van der Waals surface area contributed by atoms with E-state index in [9.17, 15) is 13.2 Å². The quantitative estimate of drug-likeness (QED) is 0.642. The highest BCUT2D eigenvalue weighted by Gasteiger charge is 2.30. The lowest BCUT2D eigenvalue weighted by Crippen LogP contribution is -2.13. The van der Waals surface area contributed by atoms with E-state index >= 15 is 0 Å². The minimum Gasteiger partial charge on any atom is -0.308 e. The summed E-state index contributed by atoms with van der Waals surface area (Å²) in [5, 5.41) is 10.9. The summed E-state index contributed by atoms with van der Waals surface area (Å²) in [6, 6.07) is 12.9. The summed E-state index contributed by atoms with van der Waals surface area (Å²) < 4.78 is 25.0.